The Labute approximate surface area is 115 Å². The van der Waals surface area contributed by atoms with Crippen LogP contribution in [0.4, 0.5) is 5.82 Å². The van der Waals surface area contributed by atoms with Gasteiger partial charge in [0, 0.05) is 19.6 Å². The zero-order valence-electron chi connectivity index (χ0n) is 10.4. The van der Waals surface area contributed by atoms with E-state index in [1.165, 1.54) is 6.07 Å². The molecule has 2 rings (SSSR count). The molecule has 2 heterocycles. The average Bonchev–Trinajstić information content (AvgIpc) is 2.69. The van der Waals surface area contributed by atoms with Crippen molar-refractivity contribution in [2.24, 2.45) is 0 Å². The summed E-state index contributed by atoms with van der Waals surface area (Å²) in [5.41, 5.74) is -1.18. The molecule has 1 aliphatic heterocycles. The Balaban J connectivity index is 2.08. The van der Waals surface area contributed by atoms with Gasteiger partial charge >= 0.3 is 5.97 Å². The van der Waals surface area contributed by atoms with Gasteiger partial charge in [0.15, 0.2) is 5.69 Å². The van der Waals surface area contributed by atoms with Crippen LogP contribution >= 0.6 is 11.6 Å². The lowest BCUT2D eigenvalue weighted by atomic mass is 9.97. The normalized spacial score (nSPS) is 26.4. The van der Waals surface area contributed by atoms with E-state index in [9.17, 15) is 9.90 Å². The number of pyridine rings is 1. The number of aromatic nitrogens is 1. The molecular weight excluding hydrogens is 272 g/mol. The maximum atomic E-state index is 10.9. The number of carboxylic acids is 1. The summed E-state index contributed by atoms with van der Waals surface area (Å²) in [5.74, 6) is -0.834. The Morgan fingerprint density at radius 1 is 1.68 bits per heavy atom. The number of carboxylic acid groups (broad SMARTS) is 1. The summed E-state index contributed by atoms with van der Waals surface area (Å²) in [6.45, 7) is 2.54. The molecule has 0 saturated carbocycles. The number of rotatable bonds is 4. The minimum Gasteiger partial charge on any atom is -0.476 e. The summed E-state index contributed by atoms with van der Waals surface area (Å²) in [6.07, 6.45) is 0.256. The molecule has 1 fully saturated rings. The molecule has 0 amide bonds. The van der Waals surface area contributed by atoms with Crippen molar-refractivity contribution in [3.05, 3.63) is 22.8 Å². The highest BCUT2D eigenvalue weighted by atomic mass is 35.5. The summed E-state index contributed by atoms with van der Waals surface area (Å²) < 4.78 is 5.31. The molecule has 1 aromatic rings. The molecule has 19 heavy (non-hydrogen) atoms. The fourth-order valence-electron chi connectivity index (χ4n) is 1.94. The maximum Gasteiger partial charge on any atom is 0.356 e. The lowest BCUT2D eigenvalue weighted by molar-refractivity contribution is -0.0176. The topological polar surface area (TPSA) is 91.7 Å². The highest BCUT2D eigenvalue weighted by Gasteiger charge is 2.39. The van der Waals surface area contributed by atoms with Gasteiger partial charge in [0.2, 0.25) is 0 Å². The van der Waals surface area contributed by atoms with E-state index in [-0.39, 0.29) is 23.4 Å². The molecule has 3 N–H and O–H groups in total. The Kier molecular flexibility index (Phi) is 3.93. The first-order valence-electron chi connectivity index (χ1n) is 5.90. The van der Waals surface area contributed by atoms with Crippen molar-refractivity contribution in [1.29, 1.82) is 0 Å². The van der Waals surface area contributed by atoms with Crippen LogP contribution in [0.5, 0.6) is 0 Å². The van der Waals surface area contributed by atoms with Crippen LogP contribution in [0.15, 0.2) is 12.1 Å². The summed E-state index contributed by atoms with van der Waals surface area (Å²) in [7, 11) is 0. The number of nitrogens with zero attached hydrogens (tertiary/aromatic N) is 1. The van der Waals surface area contributed by atoms with Crippen LogP contribution in [-0.2, 0) is 4.74 Å². The molecule has 0 bridgehead atoms. The van der Waals surface area contributed by atoms with Gasteiger partial charge < -0.3 is 20.3 Å². The van der Waals surface area contributed by atoms with E-state index in [1.54, 1.807) is 13.0 Å². The van der Waals surface area contributed by atoms with E-state index in [2.05, 4.69) is 10.3 Å². The van der Waals surface area contributed by atoms with Gasteiger partial charge in [0.05, 0.1) is 11.1 Å². The molecule has 2 atom stereocenters. The smallest absolute Gasteiger partial charge is 0.356 e. The van der Waals surface area contributed by atoms with Crippen LogP contribution in [0, 0.1) is 0 Å². The molecule has 1 saturated heterocycles. The van der Waals surface area contributed by atoms with E-state index in [0.29, 0.717) is 18.8 Å². The van der Waals surface area contributed by atoms with Crippen molar-refractivity contribution >= 4 is 23.4 Å². The number of halogens is 1. The Morgan fingerprint density at radius 2 is 2.42 bits per heavy atom. The molecule has 1 aromatic heterocycles. The van der Waals surface area contributed by atoms with Crippen LogP contribution < -0.4 is 5.32 Å². The highest BCUT2D eigenvalue weighted by Crippen LogP contribution is 2.26. The fraction of sp³-hybridized carbons (Fsp3) is 0.500. The standard InChI is InChI=1S/C12H15ClN2O4/c1-7-12(18,4-5-19-7)6-14-9-3-2-8(13)10(15-9)11(16)17/h2-3,7,18H,4-6H2,1H3,(H,14,15)(H,16,17). The summed E-state index contributed by atoms with van der Waals surface area (Å²) in [5, 5.41) is 22.2. The predicted octanol–water partition coefficient (Wildman–Crippen LogP) is 1.39. The SMILES string of the molecule is CC1OCCC1(O)CNc1ccc(Cl)c(C(=O)O)n1. The number of ether oxygens (including phenoxy) is 1. The predicted molar refractivity (Wildman–Crippen MR) is 69.7 cm³/mol. The monoisotopic (exact) mass is 286 g/mol. The third-order valence-electron chi connectivity index (χ3n) is 3.28. The number of aliphatic hydroxyl groups is 1. The first kappa shape index (κ1) is 14.0. The lowest BCUT2D eigenvalue weighted by Crippen LogP contribution is -2.43. The zero-order chi connectivity index (χ0) is 14.0. The lowest BCUT2D eigenvalue weighted by Gasteiger charge is -2.26. The van der Waals surface area contributed by atoms with Crippen LogP contribution in [0.2, 0.25) is 5.02 Å². The molecule has 7 heteroatoms. The van der Waals surface area contributed by atoms with Crippen LogP contribution in [0.25, 0.3) is 0 Å². The Morgan fingerprint density at radius 3 is 3.00 bits per heavy atom. The molecule has 1 aliphatic rings. The molecular formula is C12H15ClN2O4. The Hall–Kier alpha value is -1.37. The number of aromatic carboxylic acids is 1. The number of anilines is 1. The van der Waals surface area contributed by atoms with Crippen molar-refractivity contribution in [2.45, 2.75) is 25.0 Å². The minimum absolute atomic E-state index is 0.0781. The third-order valence-corrected chi connectivity index (χ3v) is 3.59. The van der Waals surface area contributed by atoms with E-state index in [0.717, 1.165) is 0 Å². The molecule has 0 radical (unpaired) electrons. The number of hydrogen-bond acceptors (Lipinski definition) is 5. The van der Waals surface area contributed by atoms with E-state index in [4.69, 9.17) is 21.4 Å². The summed E-state index contributed by atoms with van der Waals surface area (Å²) in [6, 6.07) is 3.03. The maximum absolute atomic E-state index is 10.9. The molecule has 0 aliphatic carbocycles. The minimum atomic E-state index is -1.19. The van der Waals surface area contributed by atoms with Crippen molar-refractivity contribution in [3.63, 3.8) is 0 Å². The first-order chi connectivity index (χ1) is 8.92. The largest absolute Gasteiger partial charge is 0.476 e. The second kappa shape index (κ2) is 5.32. The zero-order valence-corrected chi connectivity index (χ0v) is 11.1. The van der Waals surface area contributed by atoms with Crippen molar-refractivity contribution in [3.8, 4) is 0 Å². The Bertz CT molecular complexity index is 497. The average molecular weight is 287 g/mol. The van der Waals surface area contributed by atoms with Crippen molar-refractivity contribution < 1.29 is 19.7 Å². The van der Waals surface area contributed by atoms with Gasteiger partial charge in [-0.25, -0.2) is 9.78 Å². The van der Waals surface area contributed by atoms with Crippen LogP contribution in [-0.4, -0.2) is 46.0 Å². The van der Waals surface area contributed by atoms with Gasteiger partial charge in [-0.1, -0.05) is 11.6 Å². The van der Waals surface area contributed by atoms with Gasteiger partial charge in [-0.2, -0.15) is 0 Å². The molecule has 6 nitrogen and oxygen atoms in total. The quantitative estimate of drug-likeness (QED) is 0.775. The third kappa shape index (κ3) is 2.97. The fourth-order valence-corrected chi connectivity index (χ4v) is 2.12. The first-order valence-corrected chi connectivity index (χ1v) is 6.28. The van der Waals surface area contributed by atoms with Gasteiger partial charge in [0.25, 0.3) is 0 Å². The molecule has 0 aromatic carbocycles. The second-order valence-electron chi connectivity index (χ2n) is 4.55. The van der Waals surface area contributed by atoms with Gasteiger partial charge in [-0.15, -0.1) is 0 Å². The van der Waals surface area contributed by atoms with Crippen LogP contribution in [0.1, 0.15) is 23.8 Å². The van der Waals surface area contributed by atoms with Gasteiger partial charge in [-0.3, -0.25) is 0 Å². The molecule has 104 valence electrons. The summed E-state index contributed by atoms with van der Waals surface area (Å²) in [4.78, 5) is 14.8. The van der Waals surface area contributed by atoms with E-state index >= 15 is 0 Å². The van der Waals surface area contributed by atoms with Crippen molar-refractivity contribution in [2.75, 3.05) is 18.5 Å². The number of hydrogen-bond donors (Lipinski definition) is 3. The number of carbonyl (C=O) groups is 1. The van der Waals surface area contributed by atoms with Gasteiger partial charge in [0.1, 0.15) is 11.4 Å². The van der Waals surface area contributed by atoms with E-state index < -0.39 is 11.6 Å². The summed E-state index contributed by atoms with van der Waals surface area (Å²) >= 11 is 5.73. The second-order valence-corrected chi connectivity index (χ2v) is 4.96. The molecule has 2 unspecified atom stereocenters. The number of nitrogens with one attached hydrogen (secondary N) is 1. The van der Waals surface area contributed by atoms with Crippen LogP contribution in [0.3, 0.4) is 0 Å². The van der Waals surface area contributed by atoms with Gasteiger partial charge in [-0.05, 0) is 19.1 Å². The highest BCUT2D eigenvalue weighted by molar-refractivity contribution is 6.33. The van der Waals surface area contributed by atoms with E-state index in [1.807, 2.05) is 0 Å². The molecule has 0 spiro atoms. The van der Waals surface area contributed by atoms with Crippen molar-refractivity contribution in [1.82, 2.24) is 4.98 Å².